The van der Waals surface area contributed by atoms with Gasteiger partial charge in [0.05, 0.1) is 12.7 Å². The lowest BCUT2D eigenvalue weighted by Gasteiger charge is -2.18. The van der Waals surface area contributed by atoms with Gasteiger partial charge in [0.15, 0.2) is 17.6 Å². The van der Waals surface area contributed by atoms with Crippen molar-refractivity contribution < 1.29 is 28.5 Å². The molecule has 0 spiro atoms. The summed E-state index contributed by atoms with van der Waals surface area (Å²) in [6.45, 7) is 5.01. The van der Waals surface area contributed by atoms with Crippen LogP contribution in [0.2, 0.25) is 0 Å². The van der Waals surface area contributed by atoms with Gasteiger partial charge < -0.3 is 18.9 Å². The van der Waals surface area contributed by atoms with Crippen molar-refractivity contribution in [2.75, 3.05) is 13.9 Å². The summed E-state index contributed by atoms with van der Waals surface area (Å²) in [5.74, 6) is -0.0528. The van der Waals surface area contributed by atoms with Gasteiger partial charge >= 0.3 is 11.9 Å². The van der Waals surface area contributed by atoms with E-state index < -0.39 is 18.0 Å². The molecule has 1 aromatic carbocycles. The Morgan fingerprint density at radius 3 is 2.65 bits per heavy atom. The van der Waals surface area contributed by atoms with Gasteiger partial charge in [-0.05, 0) is 12.1 Å². The van der Waals surface area contributed by atoms with Gasteiger partial charge in [-0.15, -0.1) is 0 Å². The van der Waals surface area contributed by atoms with Crippen LogP contribution in [0.15, 0.2) is 30.4 Å². The fourth-order valence-electron chi connectivity index (χ4n) is 1.82. The topological polar surface area (TPSA) is 71.1 Å². The molecule has 1 heterocycles. The first kappa shape index (κ1) is 13.9. The molecule has 0 bridgehead atoms. The Bertz CT molecular complexity index is 563. The predicted molar refractivity (Wildman–Crippen MR) is 68.2 cm³/mol. The van der Waals surface area contributed by atoms with Crippen molar-refractivity contribution in [2.45, 2.75) is 13.0 Å². The highest BCUT2D eigenvalue weighted by molar-refractivity contribution is 5.89. The second kappa shape index (κ2) is 5.64. The Hall–Kier alpha value is -2.50. The van der Waals surface area contributed by atoms with Gasteiger partial charge in [0.2, 0.25) is 6.79 Å². The van der Waals surface area contributed by atoms with E-state index >= 15 is 0 Å². The van der Waals surface area contributed by atoms with E-state index in [0.29, 0.717) is 17.1 Å². The number of hydrogen-bond donors (Lipinski definition) is 0. The highest BCUT2D eigenvalue weighted by Crippen LogP contribution is 2.36. The number of rotatable bonds is 4. The summed E-state index contributed by atoms with van der Waals surface area (Å²) in [7, 11) is 1.23. The van der Waals surface area contributed by atoms with Crippen molar-refractivity contribution in [3.05, 3.63) is 35.9 Å². The smallest absolute Gasteiger partial charge is 0.337 e. The molecule has 2 rings (SSSR count). The molecule has 0 N–H and O–H groups in total. The molecule has 1 aliphatic heterocycles. The number of esters is 2. The zero-order valence-corrected chi connectivity index (χ0v) is 11.2. The summed E-state index contributed by atoms with van der Waals surface area (Å²) in [5.41, 5.74) is 0.585. The van der Waals surface area contributed by atoms with Gasteiger partial charge in [0.25, 0.3) is 0 Å². The zero-order chi connectivity index (χ0) is 14.7. The first-order valence-corrected chi connectivity index (χ1v) is 5.86. The largest absolute Gasteiger partial charge is 0.466 e. The van der Waals surface area contributed by atoms with Crippen LogP contribution in [-0.2, 0) is 19.1 Å². The van der Waals surface area contributed by atoms with Crippen molar-refractivity contribution in [1.29, 1.82) is 0 Å². The van der Waals surface area contributed by atoms with Crippen LogP contribution in [0.1, 0.15) is 18.6 Å². The molecule has 0 saturated heterocycles. The fourth-order valence-corrected chi connectivity index (χ4v) is 1.82. The van der Waals surface area contributed by atoms with E-state index in [0.717, 1.165) is 0 Å². The molecule has 1 atom stereocenters. The van der Waals surface area contributed by atoms with Crippen molar-refractivity contribution in [3.8, 4) is 11.5 Å². The molecular formula is C14H14O6. The number of hydrogen-bond acceptors (Lipinski definition) is 6. The molecule has 20 heavy (non-hydrogen) atoms. The van der Waals surface area contributed by atoms with Crippen molar-refractivity contribution in [1.82, 2.24) is 0 Å². The summed E-state index contributed by atoms with van der Waals surface area (Å²) in [5, 5.41) is 0. The zero-order valence-electron chi connectivity index (χ0n) is 11.2. The van der Waals surface area contributed by atoms with Crippen LogP contribution in [0.5, 0.6) is 11.5 Å². The lowest BCUT2D eigenvalue weighted by molar-refractivity contribution is -0.147. The van der Waals surface area contributed by atoms with Crippen LogP contribution in [0.25, 0.3) is 0 Å². The molecule has 1 aliphatic rings. The molecule has 0 aliphatic carbocycles. The van der Waals surface area contributed by atoms with Crippen LogP contribution in [-0.4, -0.2) is 25.8 Å². The highest BCUT2D eigenvalue weighted by Gasteiger charge is 2.26. The summed E-state index contributed by atoms with van der Waals surface area (Å²) >= 11 is 0. The Balaban J connectivity index is 2.33. The van der Waals surface area contributed by atoms with E-state index in [1.807, 2.05) is 0 Å². The van der Waals surface area contributed by atoms with Gasteiger partial charge in [-0.1, -0.05) is 12.6 Å². The minimum absolute atomic E-state index is 0.0292. The first-order chi connectivity index (χ1) is 9.52. The lowest BCUT2D eigenvalue weighted by Crippen LogP contribution is -2.17. The second-order valence-corrected chi connectivity index (χ2v) is 4.12. The third-order valence-corrected chi connectivity index (χ3v) is 2.75. The van der Waals surface area contributed by atoms with Crippen molar-refractivity contribution >= 4 is 11.9 Å². The SMILES string of the molecule is C=C(C(=O)OC)C(OC(C)=O)c1ccc2c(c1)OCO2. The minimum Gasteiger partial charge on any atom is -0.466 e. The maximum absolute atomic E-state index is 11.6. The highest BCUT2D eigenvalue weighted by atomic mass is 16.7. The maximum atomic E-state index is 11.6. The summed E-state index contributed by atoms with van der Waals surface area (Å²) in [6, 6.07) is 5.00. The number of carbonyl (C=O) groups excluding carboxylic acids is 2. The van der Waals surface area contributed by atoms with E-state index in [-0.39, 0.29) is 12.4 Å². The molecule has 0 aromatic heterocycles. The van der Waals surface area contributed by atoms with Gasteiger partial charge in [0.1, 0.15) is 0 Å². The molecule has 1 aromatic rings. The molecule has 106 valence electrons. The monoisotopic (exact) mass is 278 g/mol. The molecule has 0 saturated carbocycles. The standard InChI is InChI=1S/C14H14O6/c1-8(14(16)17-3)13(20-9(2)15)10-4-5-11-12(6-10)19-7-18-11/h4-6,13H,1,7H2,2-3H3. The number of carbonyl (C=O) groups is 2. The van der Waals surface area contributed by atoms with E-state index in [2.05, 4.69) is 11.3 Å². The number of fused-ring (bicyclic) bond motifs is 1. The van der Waals surface area contributed by atoms with E-state index in [1.165, 1.54) is 14.0 Å². The number of ether oxygens (including phenoxy) is 4. The second-order valence-electron chi connectivity index (χ2n) is 4.12. The molecule has 6 heteroatoms. The summed E-state index contributed by atoms with van der Waals surface area (Å²) in [6.07, 6.45) is -0.922. The molecule has 0 amide bonds. The third kappa shape index (κ3) is 2.74. The Morgan fingerprint density at radius 2 is 2.00 bits per heavy atom. The quantitative estimate of drug-likeness (QED) is 0.617. The molecule has 1 unspecified atom stereocenters. The number of benzene rings is 1. The summed E-state index contributed by atoms with van der Waals surface area (Å²) in [4.78, 5) is 22.8. The Labute approximate surface area is 115 Å². The van der Waals surface area contributed by atoms with E-state index in [4.69, 9.17) is 14.2 Å². The van der Waals surface area contributed by atoms with Gasteiger partial charge in [-0.2, -0.15) is 0 Å². The summed E-state index contributed by atoms with van der Waals surface area (Å²) < 4.78 is 20.2. The third-order valence-electron chi connectivity index (χ3n) is 2.75. The predicted octanol–water partition coefficient (Wildman–Crippen LogP) is 1.75. The number of methoxy groups -OCH3 is 1. The normalized spacial score (nSPS) is 13.5. The van der Waals surface area contributed by atoms with Gasteiger partial charge in [0, 0.05) is 12.5 Å². The first-order valence-electron chi connectivity index (χ1n) is 5.86. The van der Waals surface area contributed by atoms with Crippen molar-refractivity contribution in [2.24, 2.45) is 0 Å². The average molecular weight is 278 g/mol. The maximum Gasteiger partial charge on any atom is 0.337 e. The minimum atomic E-state index is -0.922. The van der Waals surface area contributed by atoms with Crippen LogP contribution >= 0.6 is 0 Å². The van der Waals surface area contributed by atoms with Crippen LogP contribution in [0.3, 0.4) is 0 Å². The lowest BCUT2D eigenvalue weighted by atomic mass is 10.0. The molecule has 6 nitrogen and oxygen atoms in total. The Morgan fingerprint density at radius 1 is 1.30 bits per heavy atom. The fraction of sp³-hybridized carbons (Fsp3) is 0.286. The van der Waals surface area contributed by atoms with E-state index in [9.17, 15) is 9.59 Å². The average Bonchev–Trinajstić information content (AvgIpc) is 2.90. The molecular weight excluding hydrogens is 264 g/mol. The van der Waals surface area contributed by atoms with Gasteiger partial charge in [-0.25, -0.2) is 4.79 Å². The van der Waals surface area contributed by atoms with Crippen LogP contribution < -0.4 is 9.47 Å². The van der Waals surface area contributed by atoms with E-state index in [1.54, 1.807) is 18.2 Å². The Kier molecular flexibility index (Phi) is 3.93. The van der Waals surface area contributed by atoms with Crippen LogP contribution in [0, 0.1) is 0 Å². The molecule has 0 radical (unpaired) electrons. The van der Waals surface area contributed by atoms with Crippen LogP contribution in [0.4, 0.5) is 0 Å². The van der Waals surface area contributed by atoms with Gasteiger partial charge in [-0.3, -0.25) is 4.79 Å². The van der Waals surface area contributed by atoms with Crippen molar-refractivity contribution in [3.63, 3.8) is 0 Å². The molecule has 0 fully saturated rings.